The molecule has 0 atom stereocenters. The van der Waals surface area contributed by atoms with Gasteiger partial charge in [0.2, 0.25) is 5.71 Å². The van der Waals surface area contributed by atoms with Crippen molar-refractivity contribution < 1.29 is 8.81 Å². The van der Waals surface area contributed by atoms with E-state index < -0.39 is 0 Å². The molecule has 5 heteroatoms. The zero-order valence-electron chi connectivity index (χ0n) is 10.6. The molecule has 98 valence electrons. The molecule has 3 heterocycles. The van der Waals surface area contributed by atoms with E-state index in [1.54, 1.807) is 19.2 Å². The second kappa shape index (κ2) is 3.90. The molecule has 4 rings (SSSR count). The Kier molecular flexibility index (Phi) is 2.18. The molecule has 0 fully saturated rings. The van der Waals surface area contributed by atoms with Gasteiger partial charge in [-0.3, -0.25) is 0 Å². The van der Waals surface area contributed by atoms with Crippen LogP contribution in [-0.4, -0.2) is 15.0 Å². The lowest BCUT2D eigenvalue weighted by atomic mass is 10.1. The lowest BCUT2D eigenvalue weighted by Gasteiger charge is -1.98. The molecule has 1 aromatic carbocycles. The number of benzene rings is 1. The normalized spacial score (nSPS) is 11.5. The molecule has 0 aliphatic heterocycles. The van der Waals surface area contributed by atoms with Crippen LogP contribution < -0.4 is 0 Å². The third kappa shape index (κ3) is 1.60. The molecule has 0 spiro atoms. The minimum atomic E-state index is -0.258. The Labute approximate surface area is 113 Å². The Hall–Kier alpha value is -2.69. The van der Waals surface area contributed by atoms with Gasteiger partial charge in [-0.25, -0.2) is 14.4 Å². The van der Waals surface area contributed by atoms with Crippen LogP contribution in [0.4, 0.5) is 4.39 Å². The molecular weight excluding hydrogens is 257 g/mol. The van der Waals surface area contributed by atoms with Crippen molar-refractivity contribution >= 4 is 22.1 Å². The summed E-state index contributed by atoms with van der Waals surface area (Å²) in [6.07, 6.45) is 3.58. The quantitative estimate of drug-likeness (QED) is 0.570. The van der Waals surface area contributed by atoms with Crippen molar-refractivity contribution in [1.82, 2.24) is 15.0 Å². The van der Waals surface area contributed by atoms with E-state index in [0.717, 1.165) is 27.5 Å². The molecule has 4 aromatic rings. The first-order valence-corrected chi connectivity index (χ1v) is 6.21. The van der Waals surface area contributed by atoms with Crippen molar-refractivity contribution in [3.63, 3.8) is 0 Å². The Balaban J connectivity index is 1.95. The number of aromatic nitrogens is 3. The number of aromatic amines is 1. The summed E-state index contributed by atoms with van der Waals surface area (Å²) in [4.78, 5) is 11.6. The molecular formula is C15H10FN3O. The third-order valence-electron chi connectivity index (χ3n) is 3.31. The maximum Gasteiger partial charge on any atom is 0.246 e. The average molecular weight is 267 g/mol. The summed E-state index contributed by atoms with van der Waals surface area (Å²) in [6.45, 7) is 1.79. The summed E-state index contributed by atoms with van der Waals surface area (Å²) < 4.78 is 18.6. The van der Waals surface area contributed by atoms with Gasteiger partial charge in [-0.05, 0) is 24.3 Å². The molecule has 0 bridgehead atoms. The highest BCUT2D eigenvalue weighted by Gasteiger charge is 2.10. The van der Waals surface area contributed by atoms with Crippen LogP contribution in [-0.2, 0) is 0 Å². The monoisotopic (exact) mass is 267 g/mol. The standard InChI is InChI=1S/C15H10FN3O/c1-8-19-14-4-9(6-18-15(14)20-8)12-7-17-13-5-10(16)2-3-11(12)13/h2-7,17H,1H3. The highest BCUT2D eigenvalue weighted by molar-refractivity contribution is 5.96. The van der Waals surface area contributed by atoms with Gasteiger partial charge in [-0.2, -0.15) is 0 Å². The largest absolute Gasteiger partial charge is 0.423 e. The molecule has 0 aliphatic rings. The molecule has 0 amide bonds. The summed E-state index contributed by atoms with van der Waals surface area (Å²) in [5.74, 6) is 0.331. The van der Waals surface area contributed by atoms with Gasteiger partial charge in [0.05, 0.1) is 0 Å². The fraction of sp³-hybridized carbons (Fsp3) is 0.0667. The summed E-state index contributed by atoms with van der Waals surface area (Å²) in [5, 5.41) is 0.952. The van der Waals surface area contributed by atoms with Crippen LogP contribution in [0.3, 0.4) is 0 Å². The van der Waals surface area contributed by atoms with Crippen molar-refractivity contribution in [3.8, 4) is 11.1 Å². The van der Waals surface area contributed by atoms with Gasteiger partial charge >= 0.3 is 0 Å². The number of nitrogens with one attached hydrogen (secondary N) is 1. The highest BCUT2D eigenvalue weighted by Crippen LogP contribution is 2.30. The highest BCUT2D eigenvalue weighted by atomic mass is 19.1. The molecule has 0 saturated carbocycles. The van der Waals surface area contributed by atoms with E-state index in [0.29, 0.717) is 11.6 Å². The lowest BCUT2D eigenvalue weighted by Crippen LogP contribution is -1.80. The zero-order valence-corrected chi connectivity index (χ0v) is 10.6. The number of hydrogen-bond acceptors (Lipinski definition) is 3. The fourth-order valence-electron chi connectivity index (χ4n) is 2.42. The maximum absolute atomic E-state index is 13.2. The first-order chi connectivity index (χ1) is 9.70. The van der Waals surface area contributed by atoms with E-state index in [4.69, 9.17) is 4.42 Å². The molecule has 4 nitrogen and oxygen atoms in total. The second-order valence-electron chi connectivity index (χ2n) is 4.67. The van der Waals surface area contributed by atoms with E-state index in [1.165, 1.54) is 12.1 Å². The van der Waals surface area contributed by atoms with Gasteiger partial charge in [0.1, 0.15) is 11.3 Å². The Bertz CT molecular complexity index is 939. The number of oxazole rings is 1. The summed E-state index contributed by atoms with van der Waals surface area (Å²) >= 11 is 0. The average Bonchev–Trinajstić information content (AvgIpc) is 2.99. The number of rotatable bonds is 1. The van der Waals surface area contributed by atoms with E-state index >= 15 is 0 Å². The van der Waals surface area contributed by atoms with Crippen LogP contribution >= 0.6 is 0 Å². The molecule has 0 saturated heterocycles. The second-order valence-corrected chi connectivity index (χ2v) is 4.67. The van der Waals surface area contributed by atoms with Gasteiger partial charge in [0, 0.05) is 41.3 Å². The first kappa shape index (κ1) is 11.2. The van der Waals surface area contributed by atoms with Crippen LogP contribution in [0.5, 0.6) is 0 Å². The fourth-order valence-corrected chi connectivity index (χ4v) is 2.42. The summed E-state index contributed by atoms with van der Waals surface area (Å²) in [5.41, 5.74) is 3.89. The number of H-pyrrole nitrogens is 1. The molecule has 20 heavy (non-hydrogen) atoms. The number of fused-ring (bicyclic) bond motifs is 2. The third-order valence-corrected chi connectivity index (χ3v) is 3.31. The predicted octanol–water partition coefficient (Wildman–Crippen LogP) is 3.82. The number of hydrogen-bond donors (Lipinski definition) is 1. The minimum Gasteiger partial charge on any atom is -0.423 e. The predicted molar refractivity (Wildman–Crippen MR) is 73.8 cm³/mol. The number of pyridine rings is 1. The van der Waals surface area contributed by atoms with Crippen LogP contribution in [0.25, 0.3) is 33.3 Å². The van der Waals surface area contributed by atoms with Gasteiger partial charge in [-0.15, -0.1) is 0 Å². The van der Waals surface area contributed by atoms with Crippen molar-refractivity contribution in [2.45, 2.75) is 6.92 Å². The SMILES string of the molecule is Cc1nc2cc(-c3c[nH]c4cc(F)ccc34)cnc2o1. The van der Waals surface area contributed by atoms with E-state index in [-0.39, 0.29) is 5.82 Å². The minimum absolute atomic E-state index is 0.258. The number of nitrogens with zero attached hydrogens (tertiary/aromatic N) is 2. The van der Waals surface area contributed by atoms with Gasteiger partial charge in [0.15, 0.2) is 5.89 Å². The number of halogens is 1. The summed E-state index contributed by atoms with van der Waals surface area (Å²) in [6, 6.07) is 6.61. The molecule has 0 radical (unpaired) electrons. The van der Waals surface area contributed by atoms with Crippen LogP contribution in [0.2, 0.25) is 0 Å². The first-order valence-electron chi connectivity index (χ1n) is 6.21. The van der Waals surface area contributed by atoms with Crippen LogP contribution in [0.15, 0.2) is 41.1 Å². The van der Waals surface area contributed by atoms with Crippen LogP contribution in [0, 0.1) is 12.7 Å². The molecule has 3 aromatic heterocycles. The van der Waals surface area contributed by atoms with Gasteiger partial charge < -0.3 is 9.40 Å². The van der Waals surface area contributed by atoms with Gasteiger partial charge in [-0.1, -0.05) is 0 Å². The molecule has 0 aliphatic carbocycles. The Morgan fingerprint density at radius 1 is 1.25 bits per heavy atom. The smallest absolute Gasteiger partial charge is 0.246 e. The van der Waals surface area contributed by atoms with Crippen LogP contribution in [0.1, 0.15) is 5.89 Å². The van der Waals surface area contributed by atoms with Gasteiger partial charge in [0.25, 0.3) is 0 Å². The summed E-state index contributed by atoms with van der Waals surface area (Å²) in [7, 11) is 0. The Morgan fingerprint density at radius 3 is 3.05 bits per heavy atom. The molecule has 1 N–H and O–H groups in total. The molecule has 0 unspecified atom stereocenters. The van der Waals surface area contributed by atoms with E-state index in [1.807, 2.05) is 12.3 Å². The van der Waals surface area contributed by atoms with Crippen molar-refractivity contribution in [2.75, 3.05) is 0 Å². The van der Waals surface area contributed by atoms with E-state index in [9.17, 15) is 4.39 Å². The zero-order chi connectivity index (χ0) is 13.7. The Morgan fingerprint density at radius 2 is 2.15 bits per heavy atom. The van der Waals surface area contributed by atoms with Crippen molar-refractivity contribution in [2.24, 2.45) is 0 Å². The maximum atomic E-state index is 13.2. The number of aryl methyl sites for hydroxylation is 1. The van der Waals surface area contributed by atoms with Crippen molar-refractivity contribution in [1.29, 1.82) is 0 Å². The lowest BCUT2D eigenvalue weighted by molar-refractivity contribution is 0.551. The van der Waals surface area contributed by atoms with Crippen molar-refractivity contribution in [3.05, 3.63) is 48.4 Å². The topological polar surface area (TPSA) is 54.7 Å². The van der Waals surface area contributed by atoms with E-state index in [2.05, 4.69) is 15.0 Å².